The number of rotatable bonds is 22. The van der Waals surface area contributed by atoms with E-state index in [-0.39, 0.29) is 17.6 Å². The second kappa shape index (κ2) is 20.9. The van der Waals surface area contributed by atoms with Crippen molar-refractivity contribution >= 4 is 41.2 Å². The molecule has 11 nitrogen and oxygen atoms in total. The van der Waals surface area contributed by atoms with Crippen LogP contribution in [0, 0.1) is 30.6 Å². The Hall–Kier alpha value is -7.01. The van der Waals surface area contributed by atoms with Crippen LogP contribution in [0.4, 0.5) is 5.69 Å². The zero-order valence-corrected chi connectivity index (χ0v) is 37.8. The maximum absolute atomic E-state index is 13.3. The molecule has 11 heteroatoms. The molecule has 0 radical (unpaired) electrons. The van der Waals surface area contributed by atoms with Crippen molar-refractivity contribution in [3.8, 4) is 39.9 Å². The van der Waals surface area contributed by atoms with E-state index in [1.165, 1.54) is 26.3 Å². The Labute approximate surface area is 386 Å². The number of anilines is 1. The predicted octanol–water partition coefficient (Wildman–Crippen LogP) is 10.7. The molecule has 0 aromatic heterocycles. The number of hydrogen-bond acceptors (Lipinski definition) is 9. The molecule has 340 valence electrons. The first-order valence-electron chi connectivity index (χ1n) is 23.1. The van der Waals surface area contributed by atoms with Crippen LogP contribution >= 0.6 is 0 Å². The fourth-order valence-corrected chi connectivity index (χ4v) is 9.02. The summed E-state index contributed by atoms with van der Waals surface area (Å²) in [7, 11) is 1.41. The van der Waals surface area contributed by atoms with Crippen molar-refractivity contribution in [1.29, 1.82) is 0 Å². The van der Waals surface area contributed by atoms with Crippen molar-refractivity contribution in [2.24, 2.45) is 23.7 Å². The van der Waals surface area contributed by atoms with Gasteiger partial charge in [0.05, 0.1) is 49.2 Å². The molecule has 1 aliphatic carbocycles. The standard InChI is InChI=1S/C55H56N2O9/c1-4-5-6-9-30-64-43-23-15-38(16-24-43)39-17-25-44(26-18-39)66-45-27-19-40(20-28-45)47(58)29-14-37-12-21-42(22-13-37)63-31-10-7-8-11-32-65-46-34-36(2)33-41(35-46)57-54(61)50-48-49(51(50)55(57)62)53(60)56(3)52(48)59/h12-29,33-35,48-51H,4-11,30-32H2,1-3H3/b29-14+. The molecular weight excluding hydrogens is 833 g/mol. The van der Waals surface area contributed by atoms with E-state index in [1.807, 2.05) is 73.7 Å². The molecule has 2 aliphatic heterocycles. The smallest absolute Gasteiger partial charge is 0.238 e. The topological polar surface area (TPSA) is 129 Å². The fraction of sp³-hybridized carbons (Fsp3) is 0.327. The van der Waals surface area contributed by atoms with Gasteiger partial charge in [0.1, 0.15) is 28.7 Å². The molecule has 5 aromatic carbocycles. The summed E-state index contributed by atoms with van der Waals surface area (Å²) < 4.78 is 23.9. The van der Waals surface area contributed by atoms with Gasteiger partial charge >= 0.3 is 0 Å². The van der Waals surface area contributed by atoms with Crippen LogP contribution in [-0.4, -0.2) is 61.2 Å². The van der Waals surface area contributed by atoms with Gasteiger partial charge in [-0.25, -0.2) is 4.90 Å². The molecule has 5 aromatic rings. The van der Waals surface area contributed by atoms with Gasteiger partial charge in [-0.15, -0.1) is 0 Å². The number of imide groups is 2. The summed E-state index contributed by atoms with van der Waals surface area (Å²) in [5.41, 5.74) is 4.87. The molecule has 0 spiro atoms. The van der Waals surface area contributed by atoms with Crippen molar-refractivity contribution in [2.75, 3.05) is 31.8 Å². The van der Waals surface area contributed by atoms with Crippen LogP contribution in [-0.2, 0) is 19.2 Å². The Morgan fingerprint density at radius 1 is 0.530 bits per heavy atom. The van der Waals surface area contributed by atoms with E-state index in [4.69, 9.17) is 18.9 Å². The van der Waals surface area contributed by atoms with Crippen LogP contribution in [0.25, 0.3) is 17.2 Å². The van der Waals surface area contributed by atoms with Gasteiger partial charge < -0.3 is 18.9 Å². The van der Waals surface area contributed by atoms with Crippen LogP contribution in [0.1, 0.15) is 79.8 Å². The number of ketones is 1. The number of unbranched alkanes of at least 4 members (excludes halogenated alkanes) is 6. The summed E-state index contributed by atoms with van der Waals surface area (Å²) >= 11 is 0. The van der Waals surface area contributed by atoms with Gasteiger partial charge in [-0.2, -0.15) is 0 Å². The number of fused-ring (bicyclic) bond motifs is 4. The minimum Gasteiger partial charge on any atom is -0.494 e. The molecule has 1 saturated carbocycles. The molecule has 2 heterocycles. The Kier molecular flexibility index (Phi) is 14.4. The minimum absolute atomic E-state index is 0.107. The highest BCUT2D eigenvalue weighted by Gasteiger charge is 2.73. The van der Waals surface area contributed by atoms with Gasteiger partial charge in [-0.05, 0) is 140 Å². The highest BCUT2D eigenvalue weighted by Crippen LogP contribution is 2.57. The molecule has 4 atom stereocenters. The zero-order chi connectivity index (χ0) is 46.2. The van der Waals surface area contributed by atoms with Crippen LogP contribution in [0.5, 0.6) is 28.7 Å². The maximum atomic E-state index is 13.3. The van der Waals surface area contributed by atoms with Crippen molar-refractivity contribution in [2.45, 2.75) is 65.2 Å². The number of allylic oxidation sites excluding steroid dienone is 1. The lowest BCUT2D eigenvalue weighted by Crippen LogP contribution is -2.50. The molecule has 4 amide bonds. The van der Waals surface area contributed by atoms with E-state index in [2.05, 4.69) is 19.1 Å². The lowest BCUT2D eigenvalue weighted by molar-refractivity contribution is -0.146. The molecule has 2 saturated heterocycles. The van der Waals surface area contributed by atoms with E-state index in [9.17, 15) is 24.0 Å². The number of nitrogens with zero attached hydrogens (tertiary/aromatic N) is 2. The van der Waals surface area contributed by atoms with E-state index >= 15 is 0 Å². The number of carbonyl (C=O) groups is 5. The van der Waals surface area contributed by atoms with Crippen LogP contribution in [0.15, 0.2) is 121 Å². The van der Waals surface area contributed by atoms with Crippen molar-refractivity contribution in [3.63, 3.8) is 0 Å². The number of likely N-dealkylation sites (tertiary alicyclic amines) is 1. The second-order valence-corrected chi connectivity index (χ2v) is 17.3. The van der Waals surface area contributed by atoms with Crippen LogP contribution in [0.2, 0.25) is 0 Å². The highest BCUT2D eigenvalue weighted by molar-refractivity contribution is 6.27. The summed E-state index contributed by atoms with van der Waals surface area (Å²) in [4.78, 5) is 66.9. The molecule has 3 aliphatic rings. The third kappa shape index (κ3) is 10.3. The number of carbonyl (C=O) groups excluding carboxylic acids is 5. The Morgan fingerprint density at radius 2 is 0.985 bits per heavy atom. The maximum Gasteiger partial charge on any atom is 0.238 e. The number of amides is 4. The normalized spacial score (nSPS) is 18.7. The first kappa shape index (κ1) is 45.6. The lowest BCUT2D eigenvalue weighted by Gasteiger charge is -2.36. The second-order valence-electron chi connectivity index (χ2n) is 17.3. The van der Waals surface area contributed by atoms with E-state index < -0.39 is 35.5 Å². The minimum atomic E-state index is -0.785. The SMILES string of the molecule is CCCCCCOc1ccc(-c2ccc(Oc3ccc(C(=O)/C=C/c4ccc(OCCCCCCOc5cc(C)cc(N6C(=O)C7C8C(=O)N(C)C(=O)C8C7C6=O)c5)cc4)cc3)cc2)cc1. The summed E-state index contributed by atoms with van der Waals surface area (Å²) in [6.07, 6.45) is 11.7. The number of aryl methyl sites for hydroxylation is 1. The lowest BCUT2D eigenvalue weighted by atomic mass is 9.59. The van der Waals surface area contributed by atoms with Gasteiger partial charge in [0.25, 0.3) is 0 Å². The van der Waals surface area contributed by atoms with E-state index in [0.29, 0.717) is 41.7 Å². The summed E-state index contributed by atoms with van der Waals surface area (Å²) in [6.45, 7) is 5.85. The average Bonchev–Trinajstić information content (AvgIpc) is 3.63. The first-order valence-corrected chi connectivity index (χ1v) is 23.1. The molecular formula is C55H56N2O9. The summed E-state index contributed by atoms with van der Waals surface area (Å²) in [5, 5.41) is 0. The fourth-order valence-electron chi connectivity index (χ4n) is 9.02. The molecule has 3 fully saturated rings. The molecule has 8 rings (SSSR count). The van der Waals surface area contributed by atoms with E-state index in [0.717, 1.165) is 82.3 Å². The van der Waals surface area contributed by atoms with Gasteiger partial charge in [0, 0.05) is 18.7 Å². The Bertz CT molecular complexity index is 2530. The van der Waals surface area contributed by atoms with Crippen LogP contribution < -0.4 is 23.8 Å². The monoisotopic (exact) mass is 888 g/mol. The number of benzene rings is 5. The van der Waals surface area contributed by atoms with Crippen LogP contribution in [0.3, 0.4) is 0 Å². The zero-order valence-electron chi connectivity index (χ0n) is 37.8. The summed E-state index contributed by atoms with van der Waals surface area (Å²) in [6, 6.07) is 36.1. The largest absolute Gasteiger partial charge is 0.494 e. The van der Waals surface area contributed by atoms with Crippen molar-refractivity contribution in [3.05, 3.63) is 138 Å². The number of hydrogen-bond donors (Lipinski definition) is 0. The average molecular weight is 889 g/mol. The van der Waals surface area contributed by atoms with Gasteiger partial charge in [-0.3, -0.25) is 28.9 Å². The highest BCUT2D eigenvalue weighted by atomic mass is 16.5. The third-order valence-electron chi connectivity index (χ3n) is 12.7. The Morgan fingerprint density at radius 3 is 1.52 bits per heavy atom. The first-order chi connectivity index (χ1) is 32.1. The molecule has 4 unspecified atom stereocenters. The van der Waals surface area contributed by atoms with E-state index in [1.54, 1.807) is 48.6 Å². The van der Waals surface area contributed by atoms with Crippen molar-refractivity contribution in [1.82, 2.24) is 4.90 Å². The predicted molar refractivity (Wildman–Crippen MR) is 253 cm³/mol. The summed E-state index contributed by atoms with van der Waals surface area (Å²) in [5.74, 6) is -1.25. The van der Waals surface area contributed by atoms with Crippen molar-refractivity contribution < 1.29 is 42.9 Å². The number of ether oxygens (including phenoxy) is 4. The van der Waals surface area contributed by atoms with Gasteiger partial charge in [0.15, 0.2) is 5.78 Å². The quantitative estimate of drug-likeness (QED) is 0.0289. The van der Waals surface area contributed by atoms with Gasteiger partial charge in [-0.1, -0.05) is 68.7 Å². The Balaban J connectivity index is 0.710. The molecule has 66 heavy (non-hydrogen) atoms. The van der Waals surface area contributed by atoms with Gasteiger partial charge in [0.2, 0.25) is 23.6 Å². The third-order valence-corrected chi connectivity index (χ3v) is 12.7. The molecule has 0 N–H and O–H groups in total. The molecule has 0 bridgehead atoms.